The average Bonchev–Trinajstić information content (AvgIpc) is 3.14. The van der Waals surface area contributed by atoms with Gasteiger partial charge in [0.1, 0.15) is 18.1 Å². The number of hydrogen-bond acceptors (Lipinski definition) is 5. The van der Waals surface area contributed by atoms with Crippen LogP contribution < -0.4 is 24.3 Å². The molecule has 0 radical (unpaired) electrons. The predicted octanol–water partition coefficient (Wildman–Crippen LogP) is 2.81. The smallest absolute Gasteiger partial charge is 0.231 e. The minimum atomic E-state index is 0.279. The molecule has 6 nitrogen and oxygen atoms in total. The fraction of sp³-hybridized carbons (Fsp3) is 0.316. The van der Waals surface area contributed by atoms with Crippen LogP contribution in [0.25, 0.3) is 0 Å². The van der Waals surface area contributed by atoms with Crippen LogP contribution >= 0.6 is 12.2 Å². The molecule has 0 saturated heterocycles. The maximum Gasteiger partial charge on any atom is 0.231 e. The number of benzene rings is 2. The van der Waals surface area contributed by atoms with Gasteiger partial charge in [0.2, 0.25) is 6.79 Å². The van der Waals surface area contributed by atoms with Crippen molar-refractivity contribution in [2.45, 2.75) is 6.54 Å². The lowest BCUT2D eigenvalue weighted by Gasteiger charge is -2.21. The van der Waals surface area contributed by atoms with E-state index >= 15 is 0 Å². The monoisotopic (exact) mass is 374 g/mol. The van der Waals surface area contributed by atoms with E-state index in [1.165, 1.54) is 0 Å². The Morgan fingerprint density at radius 1 is 1.12 bits per heavy atom. The second-order valence-corrected chi connectivity index (χ2v) is 6.18. The van der Waals surface area contributed by atoms with Gasteiger partial charge in [-0.15, -0.1) is 0 Å². The maximum atomic E-state index is 5.72. The van der Waals surface area contributed by atoms with Crippen molar-refractivity contribution in [3.05, 3.63) is 48.0 Å². The first-order valence-electron chi connectivity index (χ1n) is 8.30. The molecule has 0 saturated carbocycles. The van der Waals surface area contributed by atoms with Crippen LogP contribution in [-0.2, 0) is 6.54 Å². The van der Waals surface area contributed by atoms with E-state index < -0.39 is 0 Å². The standard InChI is InChI=1S/C19H22N2O4S/c1-21(9-10-23-16-6-4-15(22-2)5-7-16)19(26)20-12-14-3-8-17-18(11-14)25-13-24-17/h3-8,11H,9-10,12-13H2,1-2H3,(H,20,26). The van der Waals surface area contributed by atoms with Gasteiger partial charge >= 0.3 is 0 Å². The number of hydrogen-bond donors (Lipinski definition) is 1. The maximum absolute atomic E-state index is 5.72. The molecule has 0 atom stereocenters. The summed E-state index contributed by atoms with van der Waals surface area (Å²) in [5, 5.41) is 3.91. The lowest BCUT2D eigenvalue weighted by molar-refractivity contribution is 0.174. The third-order valence-corrected chi connectivity index (χ3v) is 4.44. The predicted molar refractivity (Wildman–Crippen MR) is 103 cm³/mol. The molecule has 1 aliphatic rings. The minimum absolute atomic E-state index is 0.279. The summed E-state index contributed by atoms with van der Waals surface area (Å²) in [6.07, 6.45) is 0. The van der Waals surface area contributed by atoms with Gasteiger partial charge in [-0.1, -0.05) is 6.07 Å². The van der Waals surface area contributed by atoms with Crippen molar-refractivity contribution < 1.29 is 18.9 Å². The number of thiocarbonyl (C=S) groups is 1. The Kier molecular flexibility index (Phi) is 6.01. The molecular formula is C19H22N2O4S. The average molecular weight is 374 g/mol. The molecule has 1 aliphatic heterocycles. The third kappa shape index (κ3) is 4.70. The van der Waals surface area contributed by atoms with Crippen molar-refractivity contribution in [3.63, 3.8) is 0 Å². The van der Waals surface area contributed by atoms with Crippen LogP contribution in [0.3, 0.4) is 0 Å². The fourth-order valence-electron chi connectivity index (χ4n) is 2.44. The van der Waals surface area contributed by atoms with Crippen molar-refractivity contribution in [3.8, 4) is 23.0 Å². The summed E-state index contributed by atoms with van der Waals surface area (Å²) in [7, 11) is 3.58. The molecule has 0 bridgehead atoms. The zero-order valence-corrected chi connectivity index (χ0v) is 15.7. The van der Waals surface area contributed by atoms with Crippen molar-refractivity contribution in [1.82, 2.24) is 10.2 Å². The van der Waals surface area contributed by atoms with Gasteiger partial charge in [0.25, 0.3) is 0 Å². The summed E-state index contributed by atoms with van der Waals surface area (Å²) in [6.45, 7) is 2.12. The fourth-order valence-corrected chi connectivity index (χ4v) is 2.60. The van der Waals surface area contributed by atoms with Crippen LogP contribution in [0.15, 0.2) is 42.5 Å². The number of fused-ring (bicyclic) bond motifs is 1. The van der Waals surface area contributed by atoms with Crippen LogP contribution in [-0.4, -0.2) is 44.1 Å². The van der Waals surface area contributed by atoms with Crippen LogP contribution in [0.4, 0.5) is 0 Å². The van der Waals surface area contributed by atoms with Crippen LogP contribution in [0.2, 0.25) is 0 Å². The molecule has 0 aliphatic carbocycles. The number of methoxy groups -OCH3 is 1. The van der Waals surface area contributed by atoms with Gasteiger partial charge in [-0.3, -0.25) is 0 Å². The number of ether oxygens (including phenoxy) is 4. The highest BCUT2D eigenvalue weighted by Gasteiger charge is 2.13. The van der Waals surface area contributed by atoms with Crippen molar-refractivity contribution in [2.75, 3.05) is 34.1 Å². The molecule has 2 aromatic rings. The molecule has 0 spiro atoms. The number of likely N-dealkylation sites (N-methyl/N-ethyl adjacent to an activating group) is 1. The molecule has 0 amide bonds. The number of nitrogens with one attached hydrogen (secondary N) is 1. The van der Waals surface area contributed by atoms with Crippen LogP contribution in [0, 0.1) is 0 Å². The Bertz CT molecular complexity index is 752. The van der Waals surface area contributed by atoms with E-state index in [1.54, 1.807) is 7.11 Å². The Balaban J connectivity index is 1.40. The lowest BCUT2D eigenvalue weighted by atomic mass is 10.2. The number of rotatable bonds is 7. The van der Waals surface area contributed by atoms with Crippen LogP contribution in [0.1, 0.15) is 5.56 Å². The quantitative estimate of drug-likeness (QED) is 0.748. The van der Waals surface area contributed by atoms with Gasteiger partial charge in [0, 0.05) is 13.6 Å². The van der Waals surface area contributed by atoms with Gasteiger partial charge in [0.05, 0.1) is 13.7 Å². The molecule has 1 N–H and O–H groups in total. The first-order valence-corrected chi connectivity index (χ1v) is 8.71. The minimum Gasteiger partial charge on any atom is -0.497 e. The summed E-state index contributed by atoms with van der Waals surface area (Å²) in [5.74, 6) is 3.17. The van der Waals surface area contributed by atoms with E-state index in [0.29, 0.717) is 24.8 Å². The molecule has 0 aromatic heterocycles. The Morgan fingerprint density at radius 2 is 1.85 bits per heavy atom. The van der Waals surface area contributed by atoms with E-state index in [0.717, 1.165) is 28.6 Å². The van der Waals surface area contributed by atoms with E-state index in [-0.39, 0.29) is 6.79 Å². The van der Waals surface area contributed by atoms with Crippen molar-refractivity contribution in [2.24, 2.45) is 0 Å². The molecule has 26 heavy (non-hydrogen) atoms. The third-order valence-electron chi connectivity index (χ3n) is 3.98. The summed E-state index contributed by atoms with van der Waals surface area (Å²) in [5.41, 5.74) is 1.08. The summed E-state index contributed by atoms with van der Waals surface area (Å²) in [6, 6.07) is 13.4. The SMILES string of the molecule is COc1ccc(OCCN(C)C(=S)NCc2ccc3c(c2)OCO3)cc1. The molecule has 2 aromatic carbocycles. The molecular weight excluding hydrogens is 352 g/mol. The lowest BCUT2D eigenvalue weighted by Crippen LogP contribution is -2.38. The second kappa shape index (κ2) is 8.62. The van der Waals surface area contributed by atoms with Gasteiger partial charge in [-0.05, 0) is 54.2 Å². The zero-order valence-electron chi connectivity index (χ0n) is 14.9. The Labute approximate surface area is 158 Å². The van der Waals surface area contributed by atoms with Crippen molar-refractivity contribution >= 4 is 17.3 Å². The normalized spacial score (nSPS) is 11.8. The summed E-state index contributed by atoms with van der Waals surface area (Å²) < 4.78 is 21.6. The molecule has 138 valence electrons. The summed E-state index contributed by atoms with van der Waals surface area (Å²) in [4.78, 5) is 1.95. The Morgan fingerprint density at radius 3 is 2.62 bits per heavy atom. The van der Waals surface area contributed by atoms with Gasteiger partial charge in [-0.25, -0.2) is 0 Å². The van der Waals surface area contributed by atoms with Gasteiger partial charge < -0.3 is 29.2 Å². The molecule has 0 unspecified atom stereocenters. The first-order chi connectivity index (χ1) is 12.7. The van der Waals surface area contributed by atoms with Crippen LogP contribution in [0.5, 0.6) is 23.0 Å². The highest BCUT2D eigenvalue weighted by atomic mass is 32.1. The van der Waals surface area contributed by atoms with Gasteiger partial charge in [0.15, 0.2) is 16.6 Å². The van der Waals surface area contributed by atoms with E-state index in [4.69, 9.17) is 31.2 Å². The molecule has 3 rings (SSSR count). The molecule has 1 heterocycles. The second-order valence-electron chi connectivity index (χ2n) is 5.79. The van der Waals surface area contributed by atoms with Crippen molar-refractivity contribution in [1.29, 1.82) is 0 Å². The van der Waals surface area contributed by atoms with E-state index in [1.807, 2.05) is 54.4 Å². The highest BCUT2D eigenvalue weighted by Crippen LogP contribution is 2.32. The molecule has 0 fully saturated rings. The zero-order chi connectivity index (χ0) is 18.4. The Hall–Kier alpha value is -2.67. The summed E-state index contributed by atoms with van der Waals surface area (Å²) >= 11 is 5.42. The van der Waals surface area contributed by atoms with E-state index in [9.17, 15) is 0 Å². The number of nitrogens with zero attached hydrogens (tertiary/aromatic N) is 1. The molecule has 7 heteroatoms. The van der Waals surface area contributed by atoms with E-state index in [2.05, 4.69) is 5.32 Å². The highest BCUT2D eigenvalue weighted by molar-refractivity contribution is 7.80. The topological polar surface area (TPSA) is 52.2 Å². The first kappa shape index (κ1) is 18.1. The van der Waals surface area contributed by atoms with Gasteiger partial charge in [-0.2, -0.15) is 0 Å². The largest absolute Gasteiger partial charge is 0.497 e.